The average Bonchev–Trinajstić information content (AvgIpc) is 2.57. The fourth-order valence-corrected chi connectivity index (χ4v) is 2.79. The van der Waals surface area contributed by atoms with Gasteiger partial charge in [-0.2, -0.15) is 0 Å². The highest BCUT2D eigenvalue weighted by Crippen LogP contribution is 2.27. The van der Waals surface area contributed by atoms with Crippen molar-refractivity contribution >= 4 is 22.4 Å². The molecule has 0 spiro atoms. The number of amides is 1. The number of carbonyl (C=O) groups excluding carboxylic acids is 1. The van der Waals surface area contributed by atoms with E-state index in [-0.39, 0.29) is 5.91 Å². The minimum atomic E-state index is 0.130. The van der Waals surface area contributed by atoms with Gasteiger partial charge >= 0.3 is 0 Å². The van der Waals surface area contributed by atoms with Gasteiger partial charge in [0.15, 0.2) is 0 Å². The van der Waals surface area contributed by atoms with E-state index in [0.717, 1.165) is 22.0 Å². The van der Waals surface area contributed by atoms with Gasteiger partial charge < -0.3 is 4.90 Å². The summed E-state index contributed by atoms with van der Waals surface area (Å²) in [5.74, 6) is 0.130. The smallest absolute Gasteiger partial charge is 0.231 e. The first-order valence-electron chi connectivity index (χ1n) is 7.61. The summed E-state index contributed by atoms with van der Waals surface area (Å²) in [6.45, 7) is 2.68. The van der Waals surface area contributed by atoms with E-state index in [1.54, 1.807) is 0 Å². The standard InChI is InChI=1S/C20H19NO/c1-2-21(20(22)15-16-9-4-3-5-10-16)19-14-8-12-17-11-6-7-13-18(17)19/h3-14H,2,15H2,1H3. The fraction of sp³-hybridized carbons (Fsp3) is 0.150. The Morgan fingerprint density at radius 3 is 2.32 bits per heavy atom. The zero-order chi connectivity index (χ0) is 15.4. The van der Waals surface area contributed by atoms with Crippen LogP contribution in [0.15, 0.2) is 72.8 Å². The van der Waals surface area contributed by atoms with E-state index in [1.165, 1.54) is 0 Å². The van der Waals surface area contributed by atoms with Gasteiger partial charge in [-0.05, 0) is 23.9 Å². The summed E-state index contributed by atoms with van der Waals surface area (Å²) in [6.07, 6.45) is 0.428. The van der Waals surface area contributed by atoms with Crippen molar-refractivity contribution in [3.8, 4) is 0 Å². The maximum atomic E-state index is 12.7. The van der Waals surface area contributed by atoms with Crippen molar-refractivity contribution in [2.75, 3.05) is 11.4 Å². The molecular formula is C20H19NO. The van der Waals surface area contributed by atoms with E-state index in [0.29, 0.717) is 13.0 Å². The zero-order valence-electron chi connectivity index (χ0n) is 12.7. The average molecular weight is 289 g/mol. The van der Waals surface area contributed by atoms with Crippen molar-refractivity contribution in [1.82, 2.24) is 0 Å². The summed E-state index contributed by atoms with van der Waals surface area (Å²) in [4.78, 5) is 14.6. The van der Waals surface area contributed by atoms with Gasteiger partial charge in [0.25, 0.3) is 0 Å². The van der Waals surface area contributed by atoms with Crippen LogP contribution in [0.1, 0.15) is 12.5 Å². The molecule has 0 aliphatic heterocycles. The molecule has 0 bridgehead atoms. The van der Waals surface area contributed by atoms with Crippen LogP contribution in [0, 0.1) is 0 Å². The Hall–Kier alpha value is -2.61. The largest absolute Gasteiger partial charge is 0.312 e. The predicted octanol–water partition coefficient (Wildman–Crippen LogP) is 4.44. The molecule has 0 N–H and O–H groups in total. The second kappa shape index (κ2) is 6.44. The first kappa shape index (κ1) is 14.3. The van der Waals surface area contributed by atoms with E-state index >= 15 is 0 Å². The predicted molar refractivity (Wildman–Crippen MR) is 92.1 cm³/mol. The SMILES string of the molecule is CCN(C(=O)Cc1ccccc1)c1cccc2ccccc12. The number of anilines is 1. The minimum absolute atomic E-state index is 0.130. The first-order valence-corrected chi connectivity index (χ1v) is 7.61. The number of likely N-dealkylation sites (N-methyl/N-ethyl adjacent to an activating group) is 1. The second-order valence-electron chi connectivity index (χ2n) is 5.30. The highest BCUT2D eigenvalue weighted by atomic mass is 16.2. The summed E-state index contributed by atoms with van der Waals surface area (Å²) in [7, 11) is 0. The molecule has 110 valence electrons. The number of fused-ring (bicyclic) bond motifs is 1. The lowest BCUT2D eigenvalue weighted by Gasteiger charge is -2.23. The van der Waals surface area contributed by atoms with Crippen LogP contribution in [0.5, 0.6) is 0 Å². The molecule has 0 aromatic heterocycles. The van der Waals surface area contributed by atoms with Gasteiger partial charge in [-0.15, -0.1) is 0 Å². The molecule has 0 atom stereocenters. The summed E-state index contributed by atoms with van der Waals surface area (Å²) >= 11 is 0. The second-order valence-corrected chi connectivity index (χ2v) is 5.30. The molecule has 3 aromatic rings. The third-order valence-corrected chi connectivity index (χ3v) is 3.87. The molecule has 1 amide bonds. The third-order valence-electron chi connectivity index (χ3n) is 3.87. The lowest BCUT2D eigenvalue weighted by molar-refractivity contribution is -0.117. The first-order chi connectivity index (χ1) is 10.8. The van der Waals surface area contributed by atoms with Gasteiger partial charge in [-0.25, -0.2) is 0 Å². The van der Waals surface area contributed by atoms with Crippen molar-refractivity contribution < 1.29 is 4.79 Å². The van der Waals surface area contributed by atoms with Crippen LogP contribution in [-0.4, -0.2) is 12.5 Å². The molecular weight excluding hydrogens is 270 g/mol. The maximum absolute atomic E-state index is 12.7. The number of rotatable bonds is 4. The van der Waals surface area contributed by atoms with Crippen LogP contribution in [0.3, 0.4) is 0 Å². The van der Waals surface area contributed by atoms with Gasteiger partial charge in [-0.1, -0.05) is 66.7 Å². The summed E-state index contributed by atoms with van der Waals surface area (Å²) in [6, 6.07) is 24.2. The topological polar surface area (TPSA) is 20.3 Å². The highest BCUT2D eigenvalue weighted by Gasteiger charge is 2.16. The van der Waals surface area contributed by atoms with E-state index in [1.807, 2.05) is 66.4 Å². The molecule has 0 heterocycles. The molecule has 0 saturated carbocycles. The molecule has 3 aromatic carbocycles. The van der Waals surface area contributed by atoms with Crippen LogP contribution < -0.4 is 4.90 Å². The number of nitrogens with zero attached hydrogens (tertiary/aromatic N) is 1. The van der Waals surface area contributed by atoms with E-state index < -0.39 is 0 Å². The Balaban J connectivity index is 1.94. The summed E-state index contributed by atoms with van der Waals surface area (Å²) in [5.41, 5.74) is 2.03. The van der Waals surface area contributed by atoms with Crippen molar-refractivity contribution in [1.29, 1.82) is 0 Å². The van der Waals surface area contributed by atoms with Crippen LogP contribution in [0.2, 0.25) is 0 Å². The molecule has 0 aliphatic rings. The lowest BCUT2D eigenvalue weighted by atomic mass is 10.1. The van der Waals surface area contributed by atoms with Gasteiger partial charge in [-0.3, -0.25) is 4.79 Å². The molecule has 0 fully saturated rings. The molecule has 2 nitrogen and oxygen atoms in total. The van der Waals surface area contributed by atoms with E-state index in [9.17, 15) is 4.79 Å². The van der Waals surface area contributed by atoms with Crippen molar-refractivity contribution in [2.24, 2.45) is 0 Å². The quantitative estimate of drug-likeness (QED) is 0.695. The Labute approximate surface area is 131 Å². The molecule has 2 heteroatoms. The van der Waals surface area contributed by atoms with Gasteiger partial charge in [0.1, 0.15) is 0 Å². The number of benzene rings is 3. The molecule has 0 unspecified atom stereocenters. The van der Waals surface area contributed by atoms with Crippen molar-refractivity contribution in [2.45, 2.75) is 13.3 Å². The van der Waals surface area contributed by atoms with Gasteiger partial charge in [0.05, 0.1) is 12.1 Å². The number of carbonyl (C=O) groups is 1. The Bertz CT molecular complexity index is 775. The zero-order valence-corrected chi connectivity index (χ0v) is 12.7. The molecule has 0 radical (unpaired) electrons. The van der Waals surface area contributed by atoms with Crippen molar-refractivity contribution in [3.63, 3.8) is 0 Å². The number of hydrogen-bond acceptors (Lipinski definition) is 1. The van der Waals surface area contributed by atoms with Gasteiger partial charge in [0.2, 0.25) is 5.91 Å². The highest BCUT2D eigenvalue weighted by molar-refractivity contribution is 6.04. The third kappa shape index (κ3) is 2.86. The Morgan fingerprint density at radius 2 is 1.55 bits per heavy atom. The van der Waals surface area contributed by atoms with Crippen LogP contribution in [0.4, 0.5) is 5.69 Å². The monoisotopic (exact) mass is 289 g/mol. The van der Waals surface area contributed by atoms with E-state index in [2.05, 4.69) is 18.2 Å². The minimum Gasteiger partial charge on any atom is -0.312 e. The molecule has 22 heavy (non-hydrogen) atoms. The Morgan fingerprint density at radius 1 is 0.864 bits per heavy atom. The van der Waals surface area contributed by atoms with Gasteiger partial charge in [0, 0.05) is 11.9 Å². The molecule has 3 rings (SSSR count). The normalized spacial score (nSPS) is 10.6. The van der Waals surface area contributed by atoms with Crippen molar-refractivity contribution in [3.05, 3.63) is 78.4 Å². The maximum Gasteiger partial charge on any atom is 0.231 e. The summed E-state index contributed by atoms with van der Waals surface area (Å²) < 4.78 is 0. The molecule has 0 aliphatic carbocycles. The van der Waals surface area contributed by atoms with Crippen LogP contribution >= 0.6 is 0 Å². The molecule has 0 saturated heterocycles. The Kier molecular flexibility index (Phi) is 4.19. The summed E-state index contributed by atoms with van der Waals surface area (Å²) in [5, 5.41) is 2.28. The fourth-order valence-electron chi connectivity index (χ4n) is 2.79. The lowest BCUT2D eigenvalue weighted by Crippen LogP contribution is -2.32. The van der Waals surface area contributed by atoms with Crippen LogP contribution in [-0.2, 0) is 11.2 Å². The van der Waals surface area contributed by atoms with Crippen LogP contribution in [0.25, 0.3) is 10.8 Å². The van der Waals surface area contributed by atoms with E-state index in [4.69, 9.17) is 0 Å². The number of hydrogen-bond donors (Lipinski definition) is 0.